The van der Waals surface area contributed by atoms with Crippen molar-refractivity contribution >= 4 is 0 Å². The highest BCUT2D eigenvalue weighted by molar-refractivity contribution is 4.97. The summed E-state index contributed by atoms with van der Waals surface area (Å²) in [4.78, 5) is 4.17. The van der Waals surface area contributed by atoms with Crippen molar-refractivity contribution in [2.24, 2.45) is 5.73 Å². The molecule has 0 amide bonds. The lowest BCUT2D eigenvalue weighted by atomic mass is 10.3. The summed E-state index contributed by atoms with van der Waals surface area (Å²) in [5.74, 6) is 2.58. The van der Waals surface area contributed by atoms with Crippen LogP contribution in [0.1, 0.15) is 12.1 Å². The molecule has 1 aromatic rings. The minimum Gasteiger partial charge on any atom is -0.336 e. The van der Waals surface area contributed by atoms with Gasteiger partial charge in [0, 0.05) is 25.6 Å². The summed E-state index contributed by atoms with van der Waals surface area (Å²) in [6.07, 6.45) is 10.5. The Balaban J connectivity index is 2.47. The quantitative estimate of drug-likeness (QED) is 0.653. The number of hydrogen-bond donors (Lipinski definition) is 1. The van der Waals surface area contributed by atoms with Crippen LogP contribution in [0.25, 0.3) is 0 Å². The largest absolute Gasteiger partial charge is 0.336 e. The van der Waals surface area contributed by atoms with Gasteiger partial charge in [0.25, 0.3) is 0 Å². The Kier molecular flexibility index (Phi) is 3.36. The predicted molar refractivity (Wildman–Crippen MR) is 48.4 cm³/mol. The molecule has 0 saturated heterocycles. The van der Waals surface area contributed by atoms with E-state index in [2.05, 4.69) is 10.9 Å². The number of nitrogens with zero attached hydrogens (tertiary/aromatic N) is 2. The summed E-state index contributed by atoms with van der Waals surface area (Å²) in [5, 5.41) is 0. The smallest absolute Gasteiger partial charge is 0.0949 e. The first-order valence-corrected chi connectivity index (χ1v) is 4.01. The van der Waals surface area contributed by atoms with Crippen molar-refractivity contribution in [2.75, 3.05) is 6.54 Å². The van der Waals surface area contributed by atoms with Crippen LogP contribution in [0, 0.1) is 12.3 Å². The van der Waals surface area contributed by atoms with Crippen molar-refractivity contribution in [1.29, 1.82) is 0 Å². The average molecular weight is 163 g/mol. The molecule has 0 bridgehead atoms. The summed E-state index contributed by atoms with van der Waals surface area (Å²) >= 11 is 0. The van der Waals surface area contributed by atoms with Gasteiger partial charge in [-0.15, -0.1) is 12.3 Å². The maximum Gasteiger partial charge on any atom is 0.0949 e. The Morgan fingerprint density at radius 2 is 2.50 bits per heavy atom. The number of nitrogens with two attached hydrogens (primary N) is 1. The van der Waals surface area contributed by atoms with Crippen LogP contribution in [0.3, 0.4) is 0 Å². The van der Waals surface area contributed by atoms with Gasteiger partial charge < -0.3 is 10.3 Å². The van der Waals surface area contributed by atoms with E-state index in [1.807, 2.05) is 10.8 Å². The molecule has 0 aromatic carbocycles. The van der Waals surface area contributed by atoms with Crippen LogP contribution in [0.15, 0.2) is 12.5 Å². The van der Waals surface area contributed by atoms with Gasteiger partial charge >= 0.3 is 0 Å². The monoisotopic (exact) mass is 163 g/mol. The molecule has 0 aliphatic rings. The molecule has 3 nitrogen and oxygen atoms in total. The number of aryl methyl sites for hydroxylation is 1. The average Bonchev–Trinajstić information content (AvgIpc) is 2.50. The van der Waals surface area contributed by atoms with E-state index in [0.29, 0.717) is 6.54 Å². The first-order valence-electron chi connectivity index (χ1n) is 4.01. The first-order chi connectivity index (χ1) is 5.86. The maximum atomic E-state index is 5.39. The molecule has 0 saturated carbocycles. The van der Waals surface area contributed by atoms with E-state index in [4.69, 9.17) is 12.2 Å². The third-order valence-electron chi connectivity index (χ3n) is 1.60. The van der Waals surface area contributed by atoms with Crippen LogP contribution >= 0.6 is 0 Å². The molecular formula is C9H13N3. The Hall–Kier alpha value is -1.27. The fourth-order valence-corrected chi connectivity index (χ4v) is 0.999. The molecule has 1 heterocycles. The van der Waals surface area contributed by atoms with E-state index < -0.39 is 0 Å². The fourth-order valence-electron chi connectivity index (χ4n) is 0.999. The van der Waals surface area contributed by atoms with Crippen LogP contribution in [0.5, 0.6) is 0 Å². The molecule has 0 aliphatic heterocycles. The second-order valence-electron chi connectivity index (χ2n) is 2.60. The van der Waals surface area contributed by atoms with Gasteiger partial charge in [-0.25, -0.2) is 4.98 Å². The summed E-state index contributed by atoms with van der Waals surface area (Å²) in [6, 6.07) is 0. The zero-order valence-electron chi connectivity index (χ0n) is 7.03. The molecule has 3 heteroatoms. The van der Waals surface area contributed by atoms with Crippen molar-refractivity contribution in [3.05, 3.63) is 18.2 Å². The van der Waals surface area contributed by atoms with Gasteiger partial charge in [-0.2, -0.15) is 0 Å². The van der Waals surface area contributed by atoms with Crippen LogP contribution < -0.4 is 5.73 Å². The summed E-state index contributed by atoms with van der Waals surface area (Å²) in [7, 11) is 0. The minimum atomic E-state index is 0.645. The summed E-state index contributed by atoms with van der Waals surface area (Å²) in [5.41, 5.74) is 6.42. The molecule has 0 radical (unpaired) electrons. The van der Waals surface area contributed by atoms with Gasteiger partial charge in [-0.1, -0.05) is 0 Å². The zero-order valence-corrected chi connectivity index (χ0v) is 7.03. The number of aromatic nitrogens is 2. The first kappa shape index (κ1) is 8.82. The van der Waals surface area contributed by atoms with Gasteiger partial charge in [-0.3, -0.25) is 0 Å². The molecular weight excluding hydrogens is 150 g/mol. The number of rotatable bonds is 4. The minimum absolute atomic E-state index is 0.645. The Morgan fingerprint density at radius 1 is 1.67 bits per heavy atom. The fraction of sp³-hybridized carbons (Fsp3) is 0.444. The van der Waals surface area contributed by atoms with Crippen LogP contribution in [-0.2, 0) is 13.0 Å². The molecule has 1 rings (SSSR count). The van der Waals surface area contributed by atoms with E-state index >= 15 is 0 Å². The Labute approximate surface area is 72.6 Å². The number of hydrogen-bond acceptors (Lipinski definition) is 2. The molecule has 0 atom stereocenters. The highest BCUT2D eigenvalue weighted by Gasteiger charge is 1.95. The van der Waals surface area contributed by atoms with Crippen LogP contribution in [0.2, 0.25) is 0 Å². The van der Waals surface area contributed by atoms with Crippen molar-refractivity contribution in [3.63, 3.8) is 0 Å². The summed E-state index contributed by atoms with van der Waals surface area (Å²) < 4.78 is 1.99. The Morgan fingerprint density at radius 3 is 3.17 bits per heavy atom. The lowest BCUT2D eigenvalue weighted by molar-refractivity contribution is 0.717. The van der Waals surface area contributed by atoms with Gasteiger partial charge in [0.15, 0.2) is 0 Å². The predicted octanol–water partition coefficient (Wildman–Crippen LogP) is 0.408. The van der Waals surface area contributed by atoms with E-state index in [1.54, 1.807) is 6.33 Å². The molecule has 0 spiro atoms. The second kappa shape index (κ2) is 4.58. The highest BCUT2D eigenvalue weighted by Crippen LogP contribution is 1.97. The van der Waals surface area contributed by atoms with Gasteiger partial charge in [-0.05, 0) is 6.54 Å². The number of terminal acetylenes is 1. The van der Waals surface area contributed by atoms with Gasteiger partial charge in [0.2, 0.25) is 0 Å². The zero-order chi connectivity index (χ0) is 8.81. The Bertz CT molecular complexity index is 270. The standard InChI is InChI=1S/C9H13N3/c1-2-3-6-12-7-9(4-5-10)11-8-12/h1,7-8H,3-6,10H2. The molecule has 64 valence electrons. The van der Waals surface area contributed by atoms with Gasteiger partial charge in [0.1, 0.15) is 0 Å². The van der Waals surface area contributed by atoms with Crippen LogP contribution in [-0.4, -0.2) is 16.1 Å². The molecule has 0 aliphatic carbocycles. The normalized spacial score (nSPS) is 9.67. The van der Waals surface area contributed by atoms with Crippen LogP contribution in [0.4, 0.5) is 0 Å². The molecule has 12 heavy (non-hydrogen) atoms. The SMILES string of the molecule is C#CCCn1cnc(CCN)c1. The van der Waals surface area contributed by atoms with E-state index in [-0.39, 0.29) is 0 Å². The molecule has 0 fully saturated rings. The van der Waals surface area contributed by atoms with Crippen molar-refractivity contribution < 1.29 is 0 Å². The van der Waals surface area contributed by atoms with Crippen molar-refractivity contribution in [1.82, 2.24) is 9.55 Å². The van der Waals surface area contributed by atoms with Gasteiger partial charge in [0.05, 0.1) is 12.0 Å². The third kappa shape index (κ3) is 2.40. The number of imidazole rings is 1. The van der Waals surface area contributed by atoms with E-state index in [1.165, 1.54) is 0 Å². The summed E-state index contributed by atoms with van der Waals surface area (Å²) in [6.45, 7) is 1.49. The lowest BCUT2D eigenvalue weighted by Gasteiger charge is -1.94. The topological polar surface area (TPSA) is 43.8 Å². The highest BCUT2D eigenvalue weighted by atomic mass is 15.0. The van der Waals surface area contributed by atoms with E-state index in [0.717, 1.165) is 25.1 Å². The molecule has 0 unspecified atom stereocenters. The molecule has 2 N–H and O–H groups in total. The van der Waals surface area contributed by atoms with E-state index in [9.17, 15) is 0 Å². The second-order valence-corrected chi connectivity index (χ2v) is 2.60. The third-order valence-corrected chi connectivity index (χ3v) is 1.60. The maximum absolute atomic E-state index is 5.39. The lowest BCUT2D eigenvalue weighted by Crippen LogP contribution is -2.02. The van der Waals surface area contributed by atoms with Crippen molar-refractivity contribution in [2.45, 2.75) is 19.4 Å². The van der Waals surface area contributed by atoms with Crippen molar-refractivity contribution in [3.8, 4) is 12.3 Å². The molecule has 1 aromatic heterocycles.